The second kappa shape index (κ2) is 7.53. The summed E-state index contributed by atoms with van der Waals surface area (Å²) < 4.78 is 76.8. The highest BCUT2D eigenvalue weighted by atomic mass is 19.4. The minimum absolute atomic E-state index is 0.0556. The molecule has 0 atom stereocenters. The Morgan fingerprint density at radius 3 is 1.21 bits per heavy atom. The first-order valence-electron chi connectivity index (χ1n) is 7.74. The quantitative estimate of drug-likeness (QED) is 0.712. The van der Waals surface area contributed by atoms with Crippen LogP contribution in [0.1, 0.15) is 0 Å². The second-order valence-electron chi connectivity index (χ2n) is 5.76. The lowest BCUT2D eigenvalue weighted by Crippen LogP contribution is -2.39. The van der Waals surface area contributed by atoms with E-state index in [1.54, 1.807) is 0 Å². The average molecular weight is 404 g/mol. The number of hydrogen-bond donors (Lipinski definition) is 0. The summed E-state index contributed by atoms with van der Waals surface area (Å²) in [7, 11) is 1.81. The molecule has 0 aliphatic rings. The molecule has 4 nitrogen and oxygen atoms in total. The van der Waals surface area contributed by atoms with Crippen LogP contribution in [0.25, 0.3) is 11.1 Å². The molecule has 2 aromatic carbocycles. The van der Waals surface area contributed by atoms with Crippen LogP contribution in [0, 0.1) is 0 Å². The molecular weight excluding hydrogens is 390 g/mol. The minimum atomic E-state index is -5.13. The van der Waals surface area contributed by atoms with Gasteiger partial charge in [0.25, 0.3) is 0 Å². The molecule has 0 bridgehead atoms. The van der Waals surface area contributed by atoms with Crippen LogP contribution in [0.3, 0.4) is 0 Å². The Bertz CT molecular complexity index is 819. The molecule has 0 N–H and O–H groups in total. The van der Waals surface area contributed by atoms with Gasteiger partial charge in [0.15, 0.2) is 0 Å². The van der Waals surface area contributed by atoms with E-state index in [4.69, 9.17) is 0 Å². The molecule has 0 aliphatic heterocycles. The molecule has 0 heterocycles. The molecule has 10 heteroatoms. The third-order valence-corrected chi connectivity index (χ3v) is 3.92. The molecule has 0 aromatic heterocycles. The second-order valence-corrected chi connectivity index (χ2v) is 5.76. The van der Waals surface area contributed by atoms with Gasteiger partial charge in [-0.25, -0.2) is 0 Å². The van der Waals surface area contributed by atoms with Crippen LogP contribution in [-0.4, -0.2) is 38.3 Å². The Kier molecular flexibility index (Phi) is 5.72. The third kappa shape index (κ3) is 4.26. The van der Waals surface area contributed by atoms with Gasteiger partial charge >= 0.3 is 24.2 Å². The predicted molar refractivity (Wildman–Crippen MR) is 90.8 cm³/mol. The largest absolute Gasteiger partial charge is 0.471 e. The van der Waals surface area contributed by atoms with Crippen LogP contribution in [0.4, 0.5) is 37.7 Å². The first-order valence-corrected chi connectivity index (χ1v) is 7.74. The van der Waals surface area contributed by atoms with E-state index >= 15 is 0 Å². The van der Waals surface area contributed by atoms with Gasteiger partial charge in [-0.2, -0.15) is 26.3 Å². The van der Waals surface area contributed by atoms with Crippen molar-refractivity contribution in [2.45, 2.75) is 12.4 Å². The smallest absolute Gasteiger partial charge is 0.307 e. The van der Waals surface area contributed by atoms with E-state index in [0.717, 1.165) is 14.1 Å². The standard InChI is InChI=1S/C18H14F6N2O2/c1-25(15(27)17(19,20)21)13-9-5-3-7-11(13)12-8-4-6-10-14(12)26(2)16(28)18(22,23)24/h3-10H,1-2H3. The normalized spacial score (nSPS) is 11.9. The van der Waals surface area contributed by atoms with Crippen molar-refractivity contribution in [1.82, 2.24) is 0 Å². The molecule has 0 radical (unpaired) electrons. The SMILES string of the molecule is CN(C(=O)C(F)(F)F)c1ccccc1-c1ccccc1N(C)C(=O)C(F)(F)F. The topological polar surface area (TPSA) is 40.6 Å². The monoisotopic (exact) mass is 404 g/mol. The number of alkyl halides is 6. The molecule has 0 saturated carbocycles. The van der Waals surface area contributed by atoms with Crippen molar-refractivity contribution < 1.29 is 35.9 Å². The zero-order valence-electron chi connectivity index (χ0n) is 14.6. The Morgan fingerprint density at radius 1 is 0.643 bits per heavy atom. The zero-order valence-corrected chi connectivity index (χ0v) is 14.6. The van der Waals surface area contributed by atoms with Gasteiger partial charge in [0.2, 0.25) is 0 Å². The average Bonchev–Trinajstić information content (AvgIpc) is 2.64. The lowest BCUT2D eigenvalue weighted by atomic mass is 10.00. The Balaban J connectivity index is 2.60. The summed E-state index contributed by atoms with van der Waals surface area (Å²) in [6.45, 7) is 0. The van der Waals surface area contributed by atoms with E-state index in [0.29, 0.717) is 9.80 Å². The molecule has 0 spiro atoms. The van der Waals surface area contributed by atoms with Crippen molar-refractivity contribution in [2.75, 3.05) is 23.9 Å². The Labute approximate surface area is 156 Å². The zero-order chi connectivity index (χ0) is 21.3. The summed E-state index contributed by atoms with van der Waals surface area (Å²) >= 11 is 0. The van der Waals surface area contributed by atoms with Crippen LogP contribution < -0.4 is 9.80 Å². The molecule has 0 fully saturated rings. The summed E-state index contributed by atoms with van der Waals surface area (Å²) in [4.78, 5) is 23.9. The van der Waals surface area contributed by atoms with Gasteiger partial charge in [-0.1, -0.05) is 36.4 Å². The van der Waals surface area contributed by atoms with Gasteiger partial charge in [0.1, 0.15) is 0 Å². The van der Waals surface area contributed by atoms with E-state index in [-0.39, 0.29) is 22.5 Å². The fourth-order valence-electron chi connectivity index (χ4n) is 2.59. The molecule has 0 unspecified atom stereocenters. The number of hydrogen-bond acceptors (Lipinski definition) is 2. The highest BCUT2D eigenvalue weighted by Gasteiger charge is 2.43. The fourth-order valence-corrected chi connectivity index (χ4v) is 2.59. The van der Waals surface area contributed by atoms with Crippen LogP contribution in [0.5, 0.6) is 0 Å². The van der Waals surface area contributed by atoms with Gasteiger partial charge in [-0.15, -0.1) is 0 Å². The Morgan fingerprint density at radius 2 is 0.929 bits per heavy atom. The molecule has 28 heavy (non-hydrogen) atoms. The highest BCUT2D eigenvalue weighted by Crippen LogP contribution is 2.38. The third-order valence-electron chi connectivity index (χ3n) is 3.92. The number of carbonyl (C=O) groups excluding carboxylic acids is 2. The van der Waals surface area contributed by atoms with E-state index in [1.807, 2.05) is 0 Å². The van der Waals surface area contributed by atoms with Gasteiger partial charge in [-0.05, 0) is 12.1 Å². The van der Waals surface area contributed by atoms with Gasteiger partial charge in [0, 0.05) is 25.2 Å². The predicted octanol–water partition coefficient (Wildman–Crippen LogP) is 4.40. The highest BCUT2D eigenvalue weighted by molar-refractivity contribution is 6.04. The maximum Gasteiger partial charge on any atom is 0.471 e. The number of para-hydroxylation sites is 2. The lowest BCUT2D eigenvalue weighted by molar-refractivity contribution is -0.170. The van der Waals surface area contributed by atoms with Crippen molar-refractivity contribution in [3.8, 4) is 11.1 Å². The van der Waals surface area contributed by atoms with Crippen molar-refractivity contribution >= 4 is 23.2 Å². The summed E-state index contributed by atoms with van der Waals surface area (Å²) in [6, 6.07) is 10.8. The Hall–Kier alpha value is -3.04. The maximum atomic E-state index is 12.8. The maximum absolute atomic E-state index is 12.8. The first kappa shape index (κ1) is 21.3. The van der Waals surface area contributed by atoms with E-state index in [2.05, 4.69) is 0 Å². The fraction of sp³-hybridized carbons (Fsp3) is 0.222. The van der Waals surface area contributed by atoms with E-state index in [1.165, 1.54) is 48.5 Å². The van der Waals surface area contributed by atoms with Crippen LogP contribution in [0.2, 0.25) is 0 Å². The number of nitrogens with zero attached hydrogens (tertiary/aromatic N) is 2. The van der Waals surface area contributed by atoms with Gasteiger partial charge in [-0.3, -0.25) is 9.59 Å². The number of halogens is 6. The summed E-state index contributed by atoms with van der Waals surface area (Å²) in [5, 5.41) is 0. The number of anilines is 2. The number of benzene rings is 2. The van der Waals surface area contributed by atoms with E-state index in [9.17, 15) is 35.9 Å². The van der Waals surface area contributed by atoms with Crippen molar-refractivity contribution in [3.05, 3.63) is 48.5 Å². The van der Waals surface area contributed by atoms with Gasteiger partial charge in [0.05, 0.1) is 11.4 Å². The molecule has 0 saturated heterocycles. The molecule has 0 aliphatic carbocycles. The van der Waals surface area contributed by atoms with Crippen molar-refractivity contribution in [3.63, 3.8) is 0 Å². The van der Waals surface area contributed by atoms with E-state index < -0.39 is 24.2 Å². The van der Waals surface area contributed by atoms with Crippen LogP contribution in [-0.2, 0) is 9.59 Å². The van der Waals surface area contributed by atoms with Crippen LogP contribution in [0.15, 0.2) is 48.5 Å². The molecule has 2 amide bonds. The number of carbonyl (C=O) groups is 2. The minimum Gasteiger partial charge on any atom is -0.307 e. The summed E-state index contributed by atoms with van der Waals surface area (Å²) in [5.74, 6) is -4.28. The number of rotatable bonds is 3. The van der Waals surface area contributed by atoms with Gasteiger partial charge < -0.3 is 9.80 Å². The molecule has 2 aromatic rings. The van der Waals surface area contributed by atoms with Crippen LogP contribution >= 0.6 is 0 Å². The number of amides is 2. The molecular formula is C18H14F6N2O2. The molecule has 2 rings (SSSR count). The van der Waals surface area contributed by atoms with Crippen molar-refractivity contribution in [1.29, 1.82) is 0 Å². The van der Waals surface area contributed by atoms with Crippen molar-refractivity contribution in [2.24, 2.45) is 0 Å². The molecule has 150 valence electrons. The lowest BCUT2D eigenvalue weighted by Gasteiger charge is -2.25. The summed E-state index contributed by atoms with van der Waals surface area (Å²) in [6.07, 6.45) is -10.3. The summed E-state index contributed by atoms with van der Waals surface area (Å²) in [5.41, 5.74) is -0.240. The first-order chi connectivity index (χ1) is 12.9.